The van der Waals surface area contributed by atoms with E-state index in [0.29, 0.717) is 6.17 Å². The van der Waals surface area contributed by atoms with Crippen molar-refractivity contribution >= 4 is 0 Å². The van der Waals surface area contributed by atoms with Gasteiger partial charge in [0.05, 0.1) is 0 Å². The van der Waals surface area contributed by atoms with Crippen molar-refractivity contribution in [3.63, 3.8) is 0 Å². The lowest BCUT2D eigenvalue weighted by molar-refractivity contribution is 0.483. The molecule has 1 aliphatic carbocycles. The van der Waals surface area contributed by atoms with Crippen LogP contribution in [0.4, 0.5) is 0 Å². The Morgan fingerprint density at radius 2 is 1.84 bits per heavy atom. The summed E-state index contributed by atoms with van der Waals surface area (Å²) >= 11 is 0. The molecule has 0 radical (unpaired) electrons. The summed E-state index contributed by atoms with van der Waals surface area (Å²) in [7, 11) is 2.05. The minimum atomic E-state index is 0.132. The summed E-state index contributed by atoms with van der Waals surface area (Å²) in [6.45, 7) is 2.23. The first-order valence-electron chi connectivity index (χ1n) is 8.23. The van der Waals surface area contributed by atoms with Gasteiger partial charge in [0.2, 0.25) is 0 Å². The lowest BCUT2D eigenvalue weighted by Gasteiger charge is -2.14. The van der Waals surface area contributed by atoms with Gasteiger partial charge in [-0.15, -0.1) is 0 Å². The fourth-order valence-corrected chi connectivity index (χ4v) is 3.11. The molecule has 2 unspecified atom stereocenters. The first kappa shape index (κ1) is 14.9. The monoisotopic (exact) mass is 265 g/mol. The van der Waals surface area contributed by atoms with Gasteiger partial charge in [-0.3, -0.25) is 10.6 Å². The molecule has 3 nitrogen and oxygen atoms in total. The Kier molecular flexibility index (Phi) is 5.71. The summed E-state index contributed by atoms with van der Waals surface area (Å²) in [5, 5.41) is 10.7. The highest BCUT2D eigenvalue weighted by molar-refractivity contribution is 5.15. The quantitative estimate of drug-likeness (QED) is 0.684. The van der Waals surface area contributed by atoms with Crippen LogP contribution < -0.4 is 16.0 Å². The molecule has 0 bridgehead atoms. The van der Waals surface area contributed by atoms with Crippen molar-refractivity contribution in [2.75, 3.05) is 7.05 Å². The summed E-state index contributed by atoms with van der Waals surface area (Å²) in [5.74, 6) is 0. The van der Waals surface area contributed by atoms with E-state index in [-0.39, 0.29) is 5.66 Å². The average molecular weight is 265 g/mol. The van der Waals surface area contributed by atoms with E-state index in [9.17, 15) is 0 Å². The normalized spacial score (nSPS) is 35.9. The molecule has 0 aromatic carbocycles. The Morgan fingerprint density at radius 1 is 1.16 bits per heavy atom. The van der Waals surface area contributed by atoms with Gasteiger partial charge >= 0.3 is 0 Å². The van der Waals surface area contributed by atoms with Crippen molar-refractivity contribution in [1.82, 2.24) is 16.0 Å². The third kappa shape index (κ3) is 4.22. The molecule has 19 heavy (non-hydrogen) atoms. The van der Waals surface area contributed by atoms with Gasteiger partial charge in [0.25, 0.3) is 0 Å². The molecular formula is C16H31N3. The Labute approximate surface area is 118 Å². The van der Waals surface area contributed by atoms with Gasteiger partial charge in [-0.1, -0.05) is 45.1 Å². The first-order chi connectivity index (χ1) is 9.30. The molecule has 3 N–H and O–H groups in total. The van der Waals surface area contributed by atoms with E-state index in [0.717, 1.165) is 6.42 Å². The van der Waals surface area contributed by atoms with Crippen LogP contribution in [0.2, 0.25) is 0 Å². The summed E-state index contributed by atoms with van der Waals surface area (Å²) in [5.41, 5.74) is 1.59. The van der Waals surface area contributed by atoms with E-state index in [4.69, 9.17) is 0 Å². The Bertz CT molecular complexity index is 294. The van der Waals surface area contributed by atoms with Crippen LogP contribution in [-0.2, 0) is 0 Å². The molecule has 1 fully saturated rings. The fourth-order valence-electron chi connectivity index (χ4n) is 3.11. The van der Waals surface area contributed by atoms with Crippen molar-refractivity contribution in [2.45, 2.75) is 83.0 Å². The number of allylic oxidation sites excluding steroid dienone is 2. The maximum Gasteiger partial charge on any atom is 0.110 e. The average Bonchev–Trinajstić information content (AvgIpc) is 3.14. The second kappa shape index (κ2) is 7.30. The van der Waals surface area contributed by atoms with E-state index >= 15 is 0 Å². The first-order valence-corrected chi connectivity index (χ1v) is 8.23. The van der Waals surface area contributed by atoms with E-state index in [2.05, 4.69) is 29.0 Å². The van der Waals surface area contributed by atoms with Crippen LogP contribution >= 0.6 is 0 Å². The van der Waals surface area contributed by atoms with Crippen LogP contribution in [0.25, 0.3) is 0 Å². The molecule has 2 atom stereocenters. The molecule has 1 saturated heterocycles. The molecule has 0 amide bonds. The zero-order valence-corrected chi connectivity index (χ0v) is 12.7. The molecule has 2 aliphatic rings. The van der Waals surface area contributed by atoms with Crippen molar-refractivity contribution in [2.24, 2.45) is 0 Å². The Hall–Kier alpha value is -0.540. The SMILES string of the molecule is CCC1(NC)NC1N/C1=C/CCCCCCCCC1. The lowest BCUT2D eigenvalue weighted by atomic mass is 10.1. The van der Waals surface area contributed by atoms with Gasteiger partial charge in [-0.05, 0) is 39.2 Å². The van der Waals surface area contributed by atoms with Gasteiger partial charge < -0.3 is 5.32 Å². The molecule has 2 rings (SSSR count). The summed E-state index contributed by atoms with van der Waals surface area (Å²) in [6, 6.07) is 0. The minimum absolute atomic E-state index is 0.132. The summed E-state index contributed by atoms with van der Waals surface area (Å²) < 4.78 is 0. The summed E-state index contributed by atoms with van der Waals surface area (Å²) in [6.07, 6.45) is 16.2. The lowest BCUT2D eigenvalue weighted by Crippen LogP contribution is -2.36. The third-order valence-corrected chi connectivity index (χ3v) is 4.69. The second-order valence-corrected chi connectivity index (χ2v) is 6.04. The molecule has 110 valence electrons. The van der Waals surface area contributed by atoms with Gasteiger partial charge in [0.1, 0.15) is 11.8 Å². The molecular weight excluding hydrogens is 234 g/mol. The van der Waals surface area contributed by atoms with Crippen molar-refractivity contribution in [3.8, 4) is 0 Å². The van der Waals surface area contributed by atoms with Gasteiger partial charge in [-0.25, -0.2) is 0 Å². The van der Waals surface area contributed by atoms with Crippen LogP contribution in [0.1, 0.15) is 71.1 Å². The number of likely N-dealkylation sites (N-methyl/N-ethyl adjacent to an activating group) is 1. The van der Waals surface area contributed by atoms with Gasteiger partial charge in [-0.2, -0.15) is 0 Å². The number of nitrogens with one attached hydrogen (secondary N) is 3. The molecule has 3 heteroatoms. The molecule has 0 spiro atoms. The standard InChI is InChI=1S/C16H31N3/c1-3-16(17-2)15(19-16)18-14-12-10-8-6-4-5-7-9-11-13-14/h12,15,17-19H,3-11,13H2,1-2H3/b14-12+. The van der Waals surface area contributed by atoms with Crippen LogP contribution in [0.3, 0.4) is 0 Å². The Morgan fingerprint density at radius 3 is 2.47 bits per heavy atom. The number of rotatable bonds is 4. The predicted molar refractivity (Wildman–Crippen MR) is 81.8 cm³/mol. The number of hydrogen-bond donors (Lipinski definition) is 3. The maximum absolute atomic E-state index is 3.71. The van der Waals surface area contributed by atoms with Crippen molar-refractivity contribution in [1.29, 1.82) is 0 Å². The second-order valence-electron chi connectivity index (χ2n) is 6.04. The molecule has 0 aromatic rings. The van der Waals surface area contributed by atoms with Crippen LogP contribution in [-0.4, -0.2) is 18.9 Å². The van der Waals surface area contributed by atoms with Gasteiger partial charge in [0, 0.05) is 5.70 Å². The highest BCUT2D eigenvalue weighted by atomic mass is 15.5. The van der Waals surface area contributed by atoms with Crippen LogP contribution in [0.5, 0.6) is 0 Å². The zero-order valence-electron chi connectivity index (χ0n) is 12.7. The maximum atomic E-state index is 3.71. The molecule has 0 aromatic heterocycles. The topological polar surface area (TPSA) is 46.0 Å². The zero-order chi connectivity index (χ0) is 13.6. The van der Waals surface area contributed by atoms with Crippen LogP contribution in [0.15, 0.2) is 11.8 Å². The molecule has 0 saturated carbocycles. The highest BCUT2D eigenvalue weighted by Crippen LogP contribution is 2.26. The van der Waals surface area contributed by atoms with Crippen molar-refractivity contribution in [3.05, 3.63) is 11.8 Å². The van der Waals surface area contributed by atoms with Crippen molar-refractivity contribution < 1.29 is 0 Å². The predicted octanol–water partition coefficient (Wildman–Crippen LogP) is 3.24. The number of hydrogen-bond acceptors (Lipinski definition) is 3. The third-order valence-electron chi connectivity index (χ3n) is 4.69. The van der Waals surface area contributed by atoms with Crippen LogP contribution in [0, 0.1) is 0 Å². The van der Waals surface area contributed by atoms with E-state index in [1.807, 2.05) is 7.05 Å². The van der Waals surface area contributed by atoms with Gasteiger partial charge in [0.15, 0.2) is 0 Å². The smallest absolute Gasteiger partial charge is 0.110 e. The fraction of sp³-hybridized carbons (Fsp3) is 0.875. The molecule has 1 heterocycles. The molecule has 1 aliphatic heterocycles. The largest absolute Gasteiger partial charge is 0.371 e. The highest BCUT2D eigenvalue weighted by Gasteiger charge is 2.51. The van der Waals surface area contributed by atoms with E-state index in [1.54, 1.807) is 0 Å². The van der Waals surface area contributed by atoms with E-state index in [1.165, 1.54) is 63.5 Å². The Balaban J connectivity index is 1.84. The summed E-state index contributed by atoms with van der Waals surface area (Å²) in [4.78, 5) is 0. The van der Waals surface area contributed by atoms with E-state index < -0.39 is 0 Å². The minimum Gasteiger partial charge on any atom is -0.371 e.